The van der Waals surface area contributed by atoms with Crippen molar-refractivity contribution in [2.75, 3.05) is 31.8 Å². The van der Waals surface area contributed by atoms with Gasteiger partial charge in [0.2, 0.25) is 0 Å². The van der Waals surface area contributed by atoms with E-state index in [9.17, 15) is 13.2 Å². The highest BCUT2D eigenvalue weighted by molar-refractivity contribution is 5.92. The molecule has 36 heavy (non-hydrogen) atoms. The second-order valence-electron chi connectivity index (χ2n) is 9.22. The third kappa shape index (κ3) is 5.40. The van der Waals surface area contributed by atoms with Crippen LogP contribution in [-0.2, 0) is 6.18 Å². The summed E-state index contributed by atoms with van der Waals surface area (Å²) in [6.45, 7) is 6.50. The molecule has 1 saturated heterocycles. The van der Waals surface area contributed by atoms with Crippen LogP contribution in [0.2, 0.25) is 0 Å². The zero-order valence-corrected chi connectivity index (χ0v) is 21.0. The highest BCUT2D eigenvalue weighted by atomic mass is 19.4. The molecule has 1 aliphatic rings. The molecule has 0 unspecified atom stereocenters. The van der Waals surface area contributed by atoms with Gasteiger partial charge in [0.15, 0.2) is 11.5 Å². The topological polar surface area (TPSA) is 98.4 Å². The largest absolute Gasteiger partial charge is 0.493 e. The molecule has 0 amide bonds. The normalized spacial score (nSPS) is 18.3. The maximum Gasteiger partial charge on any atom is 0.416 e. The third-order valence-corrected chi connectivity index (χ3v) is 6.51. The SMILES string of the molecule is COc1cc2nc(C)nc(N[C@H](C)c3cc(C(F)(F)F)cc(N)n3)c2cc1O[C@H](C)[C@@H]1CCCN1C. The van der Waals surface area contributed by atoms with Crippen LogP contribution in [-0.4, -0.2) is 52.7 Å². The van der Waals surface area contributed by atoms with E-state index in [0.29, 0.717) is 34.0 Å². The van der Waals surface area contributed by atoms with Gasteiger partial charge in [0.25, 0.3) is 0 Å². The lowest BCUT2D eigenvalue weighted by Gasteiger charge is -2.27. The van der Waals surface area contributed by atoms with E-state index < -0.39 is 17.8 Å². The Morgan fingerprint density at radius 3 is 2.50 bits per heavy atom. The van der Waals surface area contributed by atoms with Gasteiger partial charge in [-0.15, -0.1) is 0 Å². The molecule has 194 valence electrons. The van der Waals surface area contributed by atoms with E-state index >= 15 is 0 Å². The van der Waals surface area contributed by atoms with Crippen LogP contribution in [0.4, 0.5) is 24.8 Å². The Morgan fingerprint density at radius 2 is 1.86 bits per heavy atom. The fourth-order valence-corrected chi connectivity index (χ4v) is 4.66. The second-order valence-corrected chi connectivity index (χ2v) is 9.22. The summed E-state index contributed by atoms with van der Waals surface area (Å²) in [5.41, 5.74) is 5.57. The van der Waals surface area contributed by atoms with Crippen LogP contribution < -0.4 is 20.5 Å². The van der Waals surface area contributed by atoms with Crippen LogP contribution >= 0.6 is 0 Å². The van der Waals surface area contributed by atoms with Crippen molar-refractivity contribution in [3.63, 3.8) is 0 Å². The second kappa shape index (κ2) is 9.96. The molecule has 0 bridgehead atoms. The first-order valence-corrected chi connectivity index (χ1v) is 11.8. The number of hydrogen-bond acceptors (Lipinski definition) is 8. The molecular weight excluding hydrogens is 473 g/mol. The summed E-state index contributed by atoms with van der Waals surface area (Å²) < 4.78 is 51.8. The highest BCUT2D eigenvalue weighted by Crippen LogP contribution is 2.37. The van der Waals surface area contributed by atoms with E-state index in [0.717, 1.165) is 31.5 Å². The van der Waals surface area contributed by atoms with Crippen LogP contribution in [0.3, 0.4) is 0 Å². The summed E-state index contributed by atoms with van der Waals surface area (Å²) in [5, 5.41) is 3.84. The molecule has 2 aromatic heterocycles. The van der Waals surface area contributed by atoms with Crippen molar-refractivity contribution in [2.24, 2.45) is 0 Å². The zero-order valence-electron chi connectivity index (χ0n) is 21.0. The van der Waals surface area contributed by atoms with Gasteiger partial charge in [0.1, 0.15) is 23.6 Å². The summed E-state index contributed by atoms with van der Waals surface area (Å²) in [5.74, 6) is 1.82. The van der Waals surface area contributed by atoms with E-state index in [4.69, 9.17) is 15.2 Å². The number of anilines is 2. The first kappa shape index (κ1) is 25.7. The van der Waals surface area contributed by atoms with Gasteiger partial charge in [-0.3, -0.25) is 4.90 Å². The summed E-state index contributed by atoms with van der Waals surface area (Å²) in [6, 6.07) is 5.06. The number of benzene rings is 1. The summed E-state index contributed by atoms with van der Waals surface area (Å²) in [7, 11) is 3.66. The number of nitrogens with one attached hydrogen (secondary N) is 1. The zero-order chi connectivity index (χ0) is 26.2. The number of rotatable bonds is 7. The van der Waals surface area contributed by atoms with Gasteiger partial charge in [-0.2, -0.15) is 13.2 Å². The number of nitrogens with zero attached hydrogens (tertiary/aromatic N) is 4. The molecule has 1 aromatic carbocycles. The van der Waals surface area contributed by atoms with Crippen LogP contribution in [0.1, 0.15) is 49.8 Å². The molecular formula is C25H31F3N6O2. The van der Waals surface area contributed by atoms with Gasteiger partial charge in [0.05, 0.1) is 29.9 Å². The van der Waals surface area contributed by atoms with Crippen LogP contribution in [0, 0.1) is 6.92 Å². The average molecular weight is 505 g/mol. The minimum Gasteiger partial charge on any atom is -0.493 e. The predicted molar refractivity (Wildman–Crippen MR) is 132 cm³/mol. The number of hydrogen-bond donors (Lipinski definition) is 2. The maximum absolute atomic E-state index is 13.3. The molecule has 0 spiro atoms. The Bertz CT molecular complexity index is 1250. The van der Waals surface area contributed by atoms with Crippen molar-refractivity contribution >= 4 is 22.5 Å². The number of likely N-dealkylation sites (tertiary alicyclic amines) is 1. The third-order valence-electron chi connectivity index (χ3n) is 6.51. The molecule has 1 aliphatic heterocycles. The maximum atomic E-state index is 13.3. The van der Waals surface area contributed by atoms with Crippen molar-refractivity contribution in [1.29, 1.82) is 0 Å². The smallest absolute Gasteiger partial charge is 0.416 e. The average Bonchev–Trinajstić information content (AvgIpc) is 3.23. The number of halogens is 3. The van der Waals surface area contributed by atoms with E-state index in [1.165, 1.54) is 0 Å². The number of aromatic nitrogens is 3. The Kier molecular flexibility index (Phi) is 7.12. The van der Waals surface area contributed by atoms with Gasteiger partial charge in [-0.25, -0.2) is 15.0 Å². The fraction of sp³-hybridized carbons (Fsp3) is 0.480. The van der Waals surface area contributed by atoms with Gasteiger partial charge < -0.3 is 20.5 Å². The predicted octanol–water partition coefficient (Wildman–Crippen LogP) is 4.98. The number of methoxy groups -OCH3 is 1. The van der Waals surface area contributed by atoms with Crippen molar-refractivity contribution in [3.05, 3.63) is 41.3 Å². The first-order chi connectivity index (χ1) is 17.0. The molecule has 1 fully saturated rings. The number of pyridine rings is 1. The molecule has 11 heteroatoms. The minimum absolute atomic E-state index is 0.0807. The van der Waals surface area contributed by atoms with Gasteiger partial charge in [-0.05, 0) is 65.4 Å². The molecule has 3 heterocycles. The lowest BCUT2D eigenvalue weighted by molar-refractivity contribution is -0.137. The van der Waals surface area contributed by atoms with E-state index in [1.54, 1.807) is 27.0 Å². The number of fused-ring (bicyclic) bond motifs is 1. The molecule has 0 saturated carbocycles. The molecule has 0 radical (unpaired) electrons. The summed E-state index contributed by atoms with van der Waals surface area (Å²) >= 11 is 0. The highest BCUT2D eigenvalue weighted by Gasteiger charge is 2.32. The van der Waals surface area contributed by atoms with Gasteiger partial charge in [-0.1, -0.05) is 0 Å². The Balaban J connectivity index is 1.70. The fourth-order valence-electron chi connectivity index (χ4n) is 4.66. The lowest BCUT2D eigenvalue weighted by Crippen LogP contribution is -2.38. The number of ether oxygens (including phenoxy) is 2. The Hall–Kier alpha value is -3.34. The number of likely N-dealkylation sites (N-methyl/N-ethyl adjacent to an activating group) is 1. The Labute approximate surface area is 208 Å². The van der Waals surface area contributed by atoms with Crippen molar-refractivity contribution in [3.8, 4) is 11.5 Å². The van der Waals surface area contributed by atoms with E-state index in [1.807, 2.05) is 13.0 Å². The molecule has 8 nitrogen and oxygen atoms in total. The summed E-state index contributed by atoms with van der Waals surface area (Å²) in [4.78, 5) is 15.4. The van der Waals surface area contributed by atoms with E-state index in [2.05, 4.69) is 32.2 Å². The van der Waals surface area contributed by atoms with Gasteiger partial charge in [0, 0.05) is 17.5 Å². The molecule has 3 N–H and O–H groups in total. The quantitative estimate of drug-likeness (QED) is 0.465. The molecule has 4 rings (SSSR count). The minimum atomic E-state index is -4.53. The molecule has 3 atom stereocenters. The standard InChI is InChI=1S/C25H31F3N6O2/c1-13(18-9-16(25(26,27)28)10-23(29)33-18)30-24-17-11-22(36-14(2)20-7-6-8-34(20)4)21(35-5)12-19(17)31-15(3)32-24/h9-14,20H,6-8H2,1-5H3,(H2,29,33)(H,30,31,32)/t13-,14-,20+/m1/s1. The number of nitrogens with two attached hydrogens (primary N) is 1. The van der Waals surface area contributed by atoms with E-state index in [-0.39, 0.29) is 23.7 Å². The molecule has 3 aromatic rings. The van der Waals surface area contributed by atoms with Crippen LogP contribution in [0.25, 0.3) is 10.9 Å². The monoisotopic (exact) mass is 504 g/mol. The van der Waals surface area contributed by atoms with Gasteiger partial charge >= 0.3 is 6.18 Å². The van der Waals surface area contributed by atoms with Crippen LogP contribution in [0.5, 0.6) is 11.5 Å². The van der Waals surface area contributed by atoms with Crippen LogP contribution in [0.15, 0.2) is 24.3 Å². The lowest BCUT2D eigenvalue weighted by atomic mass is 10.1. The number of aryl methyl sites for hydroxylation is 1. The van der Waals surface area contributed by atoms with Crippen molar-refractivity contribution in [1.82, 2.24) is 19.9 Å². The van der Waals surface area contributed by atoms with Crippen molar-refractivity contribution in [2.45, 2.75) is 58.0 Å². The number of nitrogen functional groups attached to an aromatic ring is 1. The van der Waals surface area contributed by atoms with Crippen molar-refractivity contribution < 1.29 is 22.6 Å². The first-order valence-electron chi connectivity index (χ1n) is 11.8. The summed E-state index contributed by atoms with van der Waals surface area (Å²) in [6.07, 6.45) is -2.44. The molecule has 0 aliphatic carbocycles. The Morgan fingerprint density at radius 1 is 1.11 bits per heavy atom. The number of alkyl halides is 3.